The van der Waals surface area contributed by atoms with Crippen molar-refractivity contribution >= 4 is 39.9 Å². The van der Waals surface area contributed by atoms with Crippen LogP contribution in [0.2, 0.25) is 0 Å². The van der Waals surface area contributed by atoms with E-state index < -0.39 is 11.2 Å². The average Bonchev–Trinajstić information content (AvgIpc) is 3.31. The van der Waals surface area contributed by atoms with E-state index in [9.17, 15) is 9.59 Å². The Kier molecular flexibility index (Phi) is 5.92. The van der Waals surface area contributed by atoms with Crippen molar-refractivity contribution in [3.63, 3.8) is 0 Å². The van der Waals surface area contributed by atoms with Crippen molar-refractivity contribution in [2.45, 2.75) is 30.7 Å². The van der Waals surface area contributed by atoms with E-state index in [4.69, 9.17) is 5.73 Å². The van der Waals surface area contributed by atoms with Crippen LogP contribution in [0.1, 0.15) is 29.8 Å². The molecule has 2 amide bonds. The summed E-state index contributed by atoms with van der Waals surface area (Å²) in [6.45, 7) is 3.86. The average molecular weight is 402 g/mol. The van der Waals surface area contributed by atoms with Gasteiger partial charge in [-0.3, -0.25) is 14.7 Å². The van der Waals surface area contributed by atoms with Crippen molar-refractivity contribution < 1.29 is 9.59 Å². The van der Waals surface area contributed by atoms with Crippen LogP contribution in [0.5, 0.6) is 0 Å². The summed E-state index contributed by atoms with van der Waals surface area (Å²) in [4.78, 5) is 28.2. The van der Waals surface area contributed by atoms with Crippen molar-refractivity contribution in [1.82, 2.24) is 15.2 Å². The number of thioether (sulfide) groups is 1. The number of amides is 2. The van der Waals surface area contributed by atoms with E-state index in [1.807, 2.05) is 12.1 Å². The van der Waals surface area contributed by atoms with E-state index in [-0.39, 0.29) is 5.91 Å². The van der Waals surface area contributed by atoms with Crippen LogP contribution in [-0.2, 0) is 11.2 Å². The topological polar surface area (TPSA) is 114 Å². The maximum atomic E-state index is 12.4. The molecule has 0 unspecified atom stereocenters. The third-order valence-corrected chi connectivity index (χ3v) is 5.71. The first-order valence-electron chi connectivity index (χ1n) is 8.34. The largest absolute Gasteiger partial charge is 0.366 e. The van der Waals surface area contributed by atoms with Crippen LogP contribution in [0.3, 0.4) is 0 Å². The standard InChI is InChI=1S/C18H19N5O2S2/c1-3-11-4-6-12(7-5-11)15-20-18(23-22-15)27-10(2)16(25)21-17-13(14(19)24)8-9-26-17/h4-10H,3H2,1-2H3,(H2,19,24)(H,21,25)(H,20,22,23)/t10-/m0/s1. The molecular formula is C18H19N5O2S2. The number of primary amides is 1. The lowest BCUT2D eigenvalue weighted by Crippen LogP contribution is -2.23. The van der Waals surface area contributed by atoms with Crippen molar-refractivity contribution in [2.75, 3.05) is 5.32 Å². The number of aromatic nitrogens is 3. The minimum absolute atomic E-state index is 0.247. The number of H-pyrrole nitrogens is 1. The summed E-state index contributed by atoms with van der Waals surface area (Å²) in [5, 5.41) is 12.0. The Balaban J connectivity index is 1.64. The first-order valence-corrected chi connectivity index (χ1v) is 10.1. The Morgan fingerprint density at radius 1 is 1.30 bits per heavy atom. The fourth-order valence-corrected chi connectivity index (χ4v) is 3.87. The van der Waals surface area contributed by atoms with E-state index in [1.54, 1.807) is 18.4 Å². The SMILES string of the molecule is CCc1ccc(-c2nc(S[C@@H](C)C(=O)Nc3sccc3C(N)=O)n[nH]2)cc1. The van der Waals surface area contributed by atoms with Gasteiger partial charge in [0.25, 0.3) is 5.91 Å². The molecule has 0 aliphatic rings. The molecule has 3 rings (SSSR count). The number of aryl methyl sites for hydroxylation is 1. The van der Waals surface area contributed by atoms with E-state index in [0.29, 0.717) is 21.5 Å². The van der Waals surface area contributed by atoms with Crippen LogP contribution in [0, 0.1) is 0 Å². The molecule has 3 aromatic rings. The highest BCUT2D eigenvalue weighted by molar-refractivity contribution is 8.00. The monoisotopic (exact) mass is 401 g/mol. The fourth-order valence-electron chi connectivity index (χ4n) is 2.35. The summed E-state index contributed by atoms with van der Waals surface area (Å²) in [7, 11) is 0. The van der Waals surface area contributed by atoms with Gasteiger partial charge in [-0.2, -0.15) is 0 Å². The van der Waals surface area contributed by atoms with Crippen LogP contribution < -0.4 is 11.1 Å². The quantitative estimate of drug-likeness (QED) is 0.526. The third kappa shape index (κ3) is 4.55. The first-order chi connectivity index (χ1) is 13.0. The van der Waals surface area contributed by atoms with Gasteiger partial charge in [0.05, 0.1) is 10.8 Å². The smallest absolute Gasteiger partial charge is 0.251 e. The number of anilines is 1. The number of thiophene rings is 1. The van der Waals surface area contributed by atoms with Crippen molar-refractivity contribution in [2.24, 2.45) is 5.73 Å². The molecule has 27 heavy (non-hydrogen) atoms. The molecule has 0 saturated carbocycles. The molecule has 0 saturated heterocycles. The molecule has 0 radical (unpaired) electrons. The number of carbonyl (C=O) groups excluding carboxylic acids is 2. The van der Waals surface area contributed by atoms with Gasteiger partial charge in [-0.1, -0.05) is 43.0 Å². The Morgan fingerprint density at radius 3 is 2.70 bits per heavy atom. The minimum Gasteiger partial charge on any atom is -0.366 e. The van der Waals surface area contributed by atoms with Gasteiger partial charge in [0.15, 0.2) is 5.82 Å². The molecule has 7 nitrogen and oxygen atoms in total. The molecule has 0 aliphatic carbocycles. The highest BCUT2D eigenvalue weighted by atomic mass is 32.2. The second-order valence-electron chi connectivity index (χ2n) is 5.79. The molecule has 9 heteroatoms. The second-order valence-corrected chi connectivity index (χ2v) is 8.02. The van der Waals surface area contributed by atoms with E-state index in [0.717, 1.165) is 12.0 Å². The predicted octanol–water partition coefficient (Wildman–Crippen LogP) is 3.31. The summed E-state index contributed by atoms with van der Waals surface area (Å²) in [5.41, 5.74) is 7.79. The number of aromatic amines is 1. The normalized spacial score (nSPS) is 11.9. The Hall–Kier alpha value is -2.65. The van der Waals surface area contributed by atoms with Gasteiger partial charge in [-0.25, -0.2) is 4.98 Å². The molecule has 0 aliphatic heterocycles. The first kappa shape index (κ1) is 19.1. The lowest BCUT2D eigenvalue weighted by molar-refractivity contribution is -0.115. The van der Waals surface area contributed by atoms with Crippen LogP contribution >= 0.6 is 23.1 Å². The molecular weight excluding hydrogens is 382 g/mol. The minimum atomic E-state index is -0.570. The summed E-state index contributed by atoms with van der Waals surface area (Å²) < 4.78 is 0. The highest BCUT2D eigenvalue weighted by Gasteiger charge is 2.20. The van der Waals surface area contributed by atoms with Crippen molar-refractivity contribution in [1.29, 1.82) is 0 Å². The van der Waals surface area contributed by atoms with E-state index >= 15 is 0 Å². The zero-order valence-corrected chi connectivity index (χ0v) is 16.5. The summed E-state index contributed by atoms with van der Waals surface area (Å²) in [5.74, 6) is -0.162. The molecule has 4 N–H and O–H groups in total. The molecule has 140 valence electrons. The van der Waals surface area contributed by atoms with Crippen molar-refractivity contribution in [3.05, 3.63) is 46.8 Å². The Morgan fingerprint density at radius 2 is 2.04 bits per heavy atom. The second kappa shape index (κ2) is 8.36. The van der Waals surface area contributed by atoms with E-state index in [2.05, 4.69) is 39.6 Å². The molecule has 0 spiro atoms. The van der Waals surface area contributed by atoms with Crippen molar-refractivity contribution in [3.8, 4) is 11.4 Å². The maximum Gasteiger partial charge on any atom is 0.251 e. The lowest BCUT2D eigenvalue weighted by Gasteiger charge is -2.09. The fraction of sp³-hybridized carbons (Fsp3) is 0.222. The van der Waals surface area contributed by atoms with Gasteiger partial charge >= 0.3 is 0 Å². The predicted molar refractivity (Wildman–Crippen MR) is 108 cm³/mol. The van der Waals surface area contributed by atoms with Gasteiger partial charge in [0.1, 0.15) is 5.00 Å². The van der Waals surface area contributed by atoms with Gasteiger partial charge in [-0.05, 0) is 30.4 Å². The van der Waals surface area contributed by atoms with Gasteiger partial charge in [0, 0.05) is 5.56 Å². The number of rotatable bonds is 7. The molecule has 0 bridgehead atoms. The molecule has 1 aromatic carbocycles. The number of nitrogens with two attached hydrogens (primary N) is 1. The summed E-state index contributed by atoms with van der Waals surface area (Å²) in [6, 6.07) is 9.68. The number of hydrogen-bond donors (Lipinski definition) is 3. The molecule has 1 atom stereocenters. The third-order valence-electron chi connectivity index (χ3n) is 3.92. The lowest BCUT2D eigenvalue weighted by atomic mass is 10.1. The number of nitrogens with one attached hydrogen (secondary N) is 2. The van der Waals surface area contributed by atoms with Crippen LogP contribution in [0.4, 0.5) is 5.00 Å². The summed E-state index contributed by atoms with van der Waals surface area (Å²) in [6.07, 6.45) is 0.978. The van der Waals surface area contributed by atoms with Crippen LogP contribution in [-0.4, -0.2) is 32.2 Å². The molecule has 2 aromatic heterocycles. The Labute approximate surface area is 164 Å². The van der Waals surface area contributed by atoms with Gasteiger partial charge in [-0.15, -0.1) is 16.4 Å². The zero-order chi connectivity index (χ0) is 19.4. The van der Waals surface area contributed by atoms with Crippen LogP contribution in [0.15, 0.2) is 40.9 Å². The zero-order valence-electron chi connectivity index (χ0n) is 14.9. The number of carbonyl (C=O) groups is 2. The number of hydrogen-bond acceptors (Lipinski definition) is 6. The van der Waals surface area contributed by atoms with Gasteiger partial charge in [0.2, 0.25) is 11.1 Å². The Bertz CT molecular complexity index is 949. The maximum absolute atomic E-state index is 12.4. The van der Waals surface area contributed by atoms with Crippen LogP contribution in [0.25, 0.3) is 11.4 Å². The van der Waals surface area contributed by atoms with Gasteiger partial charge < -0.3 is 11.1 Å². The summed E-state index contributed by atoms with van der Waals surface area (Å²) >= 11 is 2.49. The number of nitrogens with zero attached hydrogens (tertiary/aromatic N) is 2. The molecule has 2 heterocycles. The number of benzene rings is 1. The van der Waals surface area contributed by atoms with E-state index in [1.165, 1.54) is 28.7 Å². The highest BCUT2D eigenvalue weighted by Crippen LogP contribution is 2.26. The molecule has 0 fully saturated rings.